The van der Waals surface area contributed by atoms with Gasteiger partial charge >= 0.3 is 0 Å². The van der Waals surface area contributed by atoms with Crippen molar-refractivity contribution in [2.45, 2.75) is 15.2 Å². The van der Waals surface area contributed by atoms with Crippen molar-refractivity contribution in [3.63, 3.8) is 0 Å². The molecule has 0 spiro atoms. The summed E-state index contributed by atoms with van der Waals surface area (Å²) in [4.78, 5) is 17.2. The van der Waals surface area contributed by atoms with E-state index >= 15 is 0 Å². The van der Waals surface area contributed by atoms with Gasteiger partial charge in [-0.25, -0.2) is 16.8 Å². The predicted molar refractivity (Wildman–Crippen MR) is 158 cm³/mol. The molecule has 4 rings (SSSR count). The van der Waals surface area contributed by atoms with Crippen LogP contribution in [0.1, 0.15) is 10.4 Å². The number of rotatable bonds is 9. The van der Waals surface area contributed by atoms with E-state index in [2.05, 4.69) is 21.5 Å². The van der Waals surface area contributed by atoms with Gasteiger partial charge in [0.15, 0.2) is 9.84 Å². The zero-order valence-electron chi connectivity index (χ0n) is 21.5. The number of carbonyl (C=O) groups excluding carboxylic acids is 1. The van der Waals surface area contributed by atoms with Crippen LogP contribution in [0.2, 0.25) is 10.0 Å². The van der Waals surface area contributed by atoms with Gasteiger partial charge in [-0.3, -0.25) is 14.4 Å². The number of halogens is 2. The van der Waals surface area contributed by atoms with E-state index in [1.54, 1.807) is 0 Å². The molecule has 9 nitrogen and oxygen atoms in total. The molecule has 13 heteroatoms. The molecule has 1 amide bonds. The zero-order valence-corrected chi connectivity index (χ0v) is 24.7. The molecule has 1 atom stereocenters. The first kappa shape index (κ1) is 30.0. The Bertz CT molecular complexity index is 1620. The number of amides is 1. The normalized spacial score (nSPS) is 15.8. The summed E-state index contributed by atoms with van der Waals surface area (Å²) in [6, 6.07) is 15.6. The number of nitrogens with zero attached hydrogens (tertiary/aromatic N) is 2. The van der Waals surface area contributed by atoms with Gasteiger partial charge < -0.3 is 10.2 Å². The highest BCUT2D eigenvalue weighted by molar-refractivity contribution is 7.92. The van der Waals surface area contributed by atoms with Gasteiger partial charge in [0.2, 0.25) is 0 Å². The molecule has 1 fully saturated rings. The lowest BCUT2D eigenvalue weighted by atomic mass is 10.1. The molecule has 3 aromatic rings. The number of anilines is 2. The minimum absolute atomic E-state index is 0.0117. The van der Waals surface area contributed by atoms with Gasteiger partial charge in [0.25, 0.3) is 15.9 Å². The molecule has 1 aliphatic heterocycles. The highest BCUT2D eigenvalue weighted by Gasteiger charge is 2.32. The number of benzene rings is 3. The molecule has 1 heterocycles. The van der Waals surface area contributed by atoms with Crippen molar-refractivity contribution in [2.75, 3.05) is 43.3 Å². The second-order valence-electron chi connectivity index (χ2n) is 9.24. The maximum Gasteiger partial charge on any atom is 0.261 e. The van der Waals surface area contributed by atoms with Crippen molar-refractivity contribution >= 4 is 60.3 Å². The number of hydrogen-bond acceptors (Lipinski definition) is 7. The van der Waals surface area contributed by atoms with Crippen LogP contribution >= 0.6 is 23.2 Å². The Morgan fingerprint density at radius 1 is 0.900 bits per heavy atom. The average molecular weight is 624 g/mol. The van der Waals surface area contributed by atoms with Gasteiger partial charge in [0.1, 0.15) is 5.37 Å². The fourth-order valence-electron chi connectivity index (χ4n) is 4.25. The summed E-state index contributed by atoms with van der Waals surface area (Å²) in [5.74, 6) is -0.690. The monoisotopic (exact) mass is 622 g/mol. The number of hydrogen-bond donors (Lipinski definition) is 2. The Kier molecular flexibility index (Phi) is 9.23. The molecule has 0 saturated carbocycles. The third-order valence-corrected chi connectivity index (χ3v) is 10.3. The Morgan fingerprint density at radius 3 is 2.20 bits per heavy atom. The summed E-state index contributed by atoms with van der Waals surface area (Å²) in [5, 5.41) is 2.31. The van der Waals surface area contributed by atoms with Gasteiger partial charge in [0, 0.05) is 41.9 Å². The Labute approximate surface area is 244 Å². The van der Waals surface area contributed by atoms with Gasteiger partial charge in [-0.2, -0.15) is 0 Å². The number of likely N-dealkylation sites (N-methyl/N-ethyl adjacent to an activating group) is 1. The molecular formula is C27H28Cl2N4O5S2. The maximum atomic E-state index is 13.5. The quantitative estimate of drug-likeness (QED) is 0.336. The number of sulfonamides is 1. The fourth-order valence-corrected chi connectivity index (χ4v) is 7.32. The molecule has 1 unspecified atom stereocenters. The smallest absolute Gasteiger partial charge is 0.261 e. The molecule has 0 radical (unpaired) electrons. The van der Waals surface area contributed by atoms with Crippen molar-refractivity contribution in [1.82, 2.24) is 9.80 Å². The van der Waals surface area contributed by atoms with Crippen molar-refractivity contribution in [3.05, 3.63) is 95.0 Å². The Morgan fingerprint density at radius 2 is 1.55 bits per heavy atom. The van der Waals surface area contributed by atoms with Gasteiger partial charge in [0.05, 0.1) is 21.0 Å². The van der Waals surface area contributed by atoms with E-state index in [-0.39, 0.29) is 31.8 Å². The van der Waals surface area contributed by atoms with Gasteiger partial charge in [-0.1, -0.05) is 35.3 Å². The van der Waals surface area contributed by atoms with Crippen LogP contribution in [0.15, 0.2) is 89.2 Å². The van der Waals surface area contributed by atoms with E-state index in [0.29, 0.717) is 18.1 Å². The van der Waals surface area contributed by atoms with Crippen molar-refractivity contribution in [2.24, 2.45) is 0 Å². The first-order valence-electron chi connectivity index (χ1n) is 12.2. The largest absolute Gasteiger partial charge is 0.322 e. The maximum absolute atomic E-state index is 13.5. The lowest BCUT2D eigenvalue weighted by molar-refractivity contribution is 0.102. The van der Waals surface area contributed by atoms with Crippen LogP contribution in [-0.2, 0) is 19.9 Å². The number of piperazine rings is 1. The summed E-state index contributed by atoms with van der Waals surface area (Å²) >= 11 is 12.0. The highest BCUT2D eigenvalue weighted by Crippen LogP contribution is 2.27. The highest BCUT2D eigenvalue weighted by atomic mass is 35.5. The SMILES string of the molecule is C=CC(N1CCN(C)CC1)S(=O)(=O)c1cccc(NC(=O)c2cc(Cl)ccc2NS(=O)(=O)c2ccc(Cl)cc2)c1. The van der Waals surface area contributed by atoms with Crippen molar-refractivity contribution < 1.29 is 21.6 Å². The number of sulfone groups is 1. The predicted octanol–water partition coefficient (Wildman–Crippen LogP) is 4.58. The molecule has 1 aliphatic rings. The third kappa shape index (κ3) is 6.85. The Hall–Kier alpha value is -2.93. The van der Waals surface area contributed by atoms with Crippen LogP contribution < -0.4 is 10.0 Å². The summed E-state index contributed by atoms with van der Waals surface area (Å²) in [5.41, 5.74) is 0.140. The second-order valence-corrected chi connectivity index (χ2v) is 13.8. The van der Waals surface area contributed by atoms with E-state index < -0.39 is 31.1 Å². The summed E-state index contributed by atoms with van der Waals surface area (Å²) < 4.78 is 55.3. The summed E-state index contributed by atoms with van der Waals surface area (Å²) in [6.07, 6.45) is 1.41. The first-order valence-corrected chi connectivity index (χ1v) is 16.0. The summed E-state index contributed by atoms with van der Waals surface area (Å²) in [7, 11) is -5.92. The Balaban J connectivity index is 1.58. The van der Waals surface area contributed by atoms with Crippen LogP contribution in [0, 0.1) is 0 Å². The molecule has 0 aromatic heterocycles. The standard InChI is InChI=1S/C27H28Cl2N4O5S2/c1-3-26(33-15-13-32(2)14-16-33)39(35,36)23-6-4-5-21(18-23)30-27(34)24-17-20(29)9-12-25(24)31-40(37,38)22-10-7-19(28)8-11-22/h3-12,17-18,26,31H,1,13-16H2,2H3,(H,30,34). The van der Waals surface area contributed by atoms with E-state index in [4.69, 9.17) is 23.2 Å². The molecule has 0 aliphatic carbocycles. The van der Waals surface area contributed by atoms with E-state index in [9.17, 15) is 21.6 Å². The molecule has 212 valence electrons. The van der Waals surface area contributed by atoms with Gasteiger partial charge in [-0.15, -0.1) is 6.58 Å². The van der Waals surface area contributed by atoms with E-state index in [1.807, 2.05) is 11.9 Å². The van der Waals surface area contributed by atoms with Crippen molar-refractivity contribution in [1.29, 1.82) is 0 Å². The van der Waals surface area contributed by atoms with Crippen LogP contribution in [0.5, 0.6) is 0 Å². The molecular weight excluding hydrogens is 595 g/mol. The number of carbonyl (C=O) groups is 1. The first-order chi connectivity index (χ1) is 18.9. The molecule has 3 aromatic carbocycles. The lowest BCUT2D eigenvalue weighted by Crippen LogP contribution is -2.50. The number of nitrogens with one attached hydrogen (secondary N) is 2. The fraction of sp³-hybridized carbons (Fsp3) is 0.222. The van der Waals surface area contributed by atoms with Crippen LogP contribution in [-0.4, -0.2) is 71.1 Å². The van der Waals surface area contributed by atoms with Crippen LogP contribution in [0.3, 0.4) is 0 Å². The van der Waals surface area contributed by atoms with E-state index in [1.165, 1.54) is 72.8 Å². The minimum atomic E-state index is -4.05. The molecule has 2 N–H and O–H groups in total. The topological polar surface area (TPSA) is 116 Å². The lowest BCUT2D eigenvalue weighted by Gasteiger charge is -2.36. The minimum Gasteiger partial charge on any atom is -0.322 e. The average Bonchev–Trinajstić information content (AvgIpc) is 2.91. The molecule has 0 bridgehead atoms. The van der Waals surface area contributed by atoms with Crippen LogP contribution in [0.4, 0.5) is 11.4 Å². The second kappa shape index (κ2) is 12.3. The zero-order chi connectivity index (χ0) is 29.1. The summed E-state index contributed by atoms with van der Waals surface area (Å²) in [6.45, 7) is 6.37. The van der Waals surface area contributed by atoms with Crippen LogP contribution in [0.25, 0.3) is 0 Å². The molecule has 40 heavy (non-hydrogen) atoms. The van der Waals surface area contributed by atoms with E-state index in [0.717, 1.165) is 13.1 Å². The van der Waals surface area contributed by atoms with Crippen molar-refractivity contribution in [3.8, 4) is 0 Å². The van der Waals surface area contributed by atoms with Gasteiger partial charge in [-0.05, 0) is 67.7 Å². The molecule has 1 saturated heterocycles. The third-order valence-electron chi connectivity index (χ3n) is 6.43.